The normalized spacial score (nSPS) is 48.0. The third kappa shape index (κ3) is 3.52. The SMILES string of the molecule is CO[C@@H]1C=C2[C@@H](CC[C@H]3C(C)(C)[C@@H](OC(C)=O)CC[C@]23C)[C@]2(C)CC[C@@]3(O)[C@@]12C(=O)O[C@@]3(C)CCCC(C)C. The van der Waals surface area contributed by atoms with Crippen LogP contribution in [-0.2, 0) is 23.8 Å². The van der Waals surface area contributed by atoms with Crippen LogP contribution in [-0.4, -0.2) is 47.6 Å². The van der Waals surface area contributed by atoms with E-state index in [0.717, 1.165) is 44.9 Å². The van der Waals surface area contributed by atoms with Gasteiger partial charge in [0.1, 0.15) is 22.7 Å². The van der Waals surface area contributed by atoms with Crippen molar-refractivity contribution in [2.24, 2.45) is 39.4 Å². The van der Waals surface area contributed by atoms with Crippen LogP contribution in [0.25, 0.3) is 0 Å². The second-order valence-electron chi connectivity index (χ2n) is 15.3. The van der Waals surface area contributed by atoms with Gasteiger partial charge in [-0.25, -0.2) is 0 Å². The Balaban J connectivity index is 1.59. The van der Waals surface area contributed by atoms with E-state index in [9.17, 15) is 14.7 Å². The Morgan fingerprint density at radius 1 is 1.10 bits per heavy atom. The van der Waals surface area contributed by atoms with Gasteiger partial charge in [0.2, 0.25) is 0 Å². The van der Waals surface area contributed by atoms with Crippen LogP contribution < -0.4 is 0 Å². The highest BCUT2D eigenvalue weighted by Gasteiger charge is 2.85. The first-order valence-electron chi connectivity index (χ1n) is 15.4. The van der Waals surface area contributed by atoms with E-state index in [-0.39, 0.29) is 34.8 Å². The highest BCUT2D eigenvalue weighted by atomic mass is 16.6. The number of fused-ring (bicyclic) bond motifs is 4. The lowest BCUT2D eigenvalue weighted by Crippen LogP contribution is -2.68. The number of allylic oxidation sites excluding steroid dienone is 1. The van der Waals surface area contributed by atoms with Crippen molar-refractivity contribution in [1.29, 1.82) is 0 Å². The van der Waals surface area contributed by atoms with Crippen molar-refractivity contribution < 1.29 is 28.9 Å². The summed E-state index contributed by atoms with van der Waals surface area (Å²) in [6, 6.07) is 0. The van der Waals surface area contributed by atoms with E-state index in [1.54, 1.807) is 7.11 Å². The van der Waals surface area contributed by atoms with Gasteiger partial charge in [0, 0.05) is 19.4 Å². The fourth-order valence-electron chi connectivity index (χ4n) is 10.8. The summed E-state index contributed by atoms with van der Waals surface area (Å²) >= 11 is 0. The van der Waals surface area contributed by atoms with Crippen molar-refractivity contribution in [2.45, 2.75) is 137 Å². The molecule has 4 fully saturated rings. The lowest BCUT2D eigenvalue weighted by Gasteiger charge is -2.64. The van der Waals surface area contributed by atoms with E-state index in [1.165, 1.54) is 12.5 Å². The summed E-state index contributed by atoms with van der Waals surface area (Å²) in [4.78, 5) is 26.2. The molecule has 39 heavy (non-hydrogen) atoms. The second kappa shape index (κ2) is 9.05. The van der Waals surface area contributed by atoms with Crippen LogP contribution in [0.2, 0.25) is 0 Å². The summed E-state index contributed by atoms with van der Waals surface area (Å²) in [5.74, 6) is 0.595. The fraction of sp³-hybridized carbons (Fsp3) is 0.879. The minimum absolute atomic E-state index is 0.0890. The third-order valence-corrected chi connectivity index (χ3v) is 12.8. The zero-order valence-corrected chi connectivity index (χ0v) is 25.8. The predicted molar refractivity (Wildman–Crippen MR) is 150 cm³/mol. The number of carbonyl (C=O) groups is 2. The van der Waals surface area contributed by atoms with Gasteiger partial charge < -0.3 is 19.3 Å². The monoisotopic (exact) mass is 544 g/mol. The summed E-state index contributed by atoms with van der Waals surface area (Å²) in [7, 11) is 1.68. The molecule has 0 aromatic carbocycles. The maximum atomic E-state index is 14.3. The Kier molecular flexibility index (Phi) is 6.75. The number of hydrogen-bond acceptors (Lipinski definition) is 6. The molecule has 5 rings (SSSR count). The molecule has 0 bridgehead atoms. The number of ether oxygens (including phenoxy) is 3. The average Bonchev–Trinajstić information content (AvgIpc) is 3.19. The lowest BCUT2D eigenvalue weighted by molar-refractivity contribution is -0.195. The number of aliphatic hydroxyl groups is 1. The van der Waals surface area contributed by atoms with E-state index in [2.05, 4.69) is 47.6 Å². The van der Waals surface area contributed by atoms with Crippen LogP contribution in [0.15, 0.2) is 11.6 Å². The summed E-state index contributed by atoms with van der Waals surface area (Å²) < 4.78 is 18.4. The molecule has 0 unspecified atom stereocenters. The van der Waals surface area contributed by atoms with Crippen molar-refractivity contribution in [1.82, 2.24) is 0 Å². The number of esters is 2. The minimum Gasteiger partial charge on any atom is -0.462 e. The molecule has 0 aromatic heterocycles. The van der Waals surface area contributed by atoms with E-state index in [4.69, 9.17) is 14.2 Å². The van der Waals surface area contributed by atoms with Gasteiger partial charge in [-0.2, -0.15) is 0 Å². The third-order valence-electron chi connectivity index (χ3n) is 12.8. The molecule has 0 radical (unpaired) electrons. The van der Waals surface area contributed by atoms with Gasteiger partial charge in [0.15, 0.2) is 0 Å². The quantitative estimate of drug-likeness (QED) is 0.308. The maximum absolute atomic E-state index is 14.3. The summed E-state index contributed by atoms with van der Waals surface area (Å²) in [6.07, 6.45) is 9.24. The molecule has 0 amide bonds. The standard InChI is InChI=1S/C33H52O6/c1-20(2)11-10-15-31(8)32(36)18-17-30(7)22-12-13-24-28(4,5)25(38-21(3)34)14-16-29(24,6)23(22)19-26(37-9)33(30,32)27(35)39-31/h19-20,22,24-26,36H,10-18H2,1-9H3/t22-,24+,25+,26-,29-,30+,31+,32+,33-/m1/s1. The Labute approximate surface area is 235 Å². The first-order chi connectivity index (χ1) is 18.0. The van der Waals surface area contributed by atoms with Crippen molar-refractivity contribution in [3.8, 4) is 0 Å². The second-order valence-corrected chi connectivity index (χ2v) is 15.3. The number of cyclic esters (lactones) is 1. The Bertz CT molecular complexity index is 1060. The van der Waals surface area contributed by atoms with Gasteiger partial charge in [-0.15, -0.1) is 0 Å². The molecule has 4 aliphatic carbocycles. The van der Waals surface area contributed by atoms with Gasteiger partial charge in [0.05, 0.1) is 6.10 Å². The fourth-order valence-corrected chi connectivity index (χ4v) is 10.8. The first kappa shape index (κ1) is 29.1. The van der Waals surface area contributed by atoms with E-state index >= 15 is 0 Å². The number of hydrogen-bond donors (Lipinski definition) is 1. The Hall–Kier alpha value is -1.40. The molecule has 9 atom stereocenters. The van der Waals surface area contributed by atoms with E-state index < -0.39 is 28.1 Å². The molecule has 1 N–H and O–H groups in total. The highest BCUT2D eigenvalue weighted by Crippen LogP contribution is 2.77. The van der Waals surface area contributed by atoms with Crippen LogP contribution in [0, 0.1) is 39.4 Å². The molecule has 1 heterocycles. The van der Waals surface area contributed by atoms with Gasteiger partial charge in [-0.1, -0.05) is 59.6 Å². The molecule has 5 aliphatic rings. The van der Waals surface area contributed by atoms with Crippen molar-refractivity contribution in [2.75, 3.05) is 7.11 Å². The van der Waals surface area contributed by atoms with Crippen LogP contribution in [0.1, 0.15) is 113 Å². The zero-order valence-electron chi connectivity index (χ0n) is 25.8. The van der Waals surface area contributed by atoms with E-state index in [1.807, 2.05) is 6.92 Å². The predicted octanol–water partition coefficient (Wildman–Crippen LogP) is 6.39. The van der Waals surface area contributed by atoms with Crippen LogP contribution in [0.5, 0.6) is 0 Å². The molecule has 3 saturated carbocycles. The molecule has 220 valence electrons. The first-order valence-corrected chi connectivity index (χ1v) is 15.4. The molecule has 6 nitrogen and oxygen atoms in total. The van der Waals surface area contributed by atoms with Crippen LogP contribution >= 0.6 is 0 Å². The minimum atomic E-state index is -1.28. The molecule has 0 aromatic rings. The van der Waals surface area contributed by atoms with Crippen molar-refractivity contribution in [3.63, 3.8) is 0 Å². The molecule has 1 aliphatic heterocycles. The summed E-state index contributed by atoms with van der Waals surface area (Å²) in [5.41, 5.74) is -2.67. The van der Waals surface area contributed by atoms with Crippen LogP contribution in [0.3, 0.4) is 0 Å². The van der Waals surface area contributed by atoms with Gasteiger partial charge in [-0.3, -0.25) is 9.59 Å². The van der Waals surface area contributed by atoms with Crippen LogP contribution in [0.4, 0.5) is 0 Å². The molecular formula is C33H52O6. The maximum Gasteiger partial charge on any atom is 0.319 e. The van der Waals surface area contributed by atoms with Gasteiger partial charge >= 0.3 is 11.9 Å². The average molecular weight is 545 g/mol. The Morgan fingerprint density at radius 3 is 2.41 bits per heavy atom. The molecule has 6 heteroatoms. The van der Waals surface area contributed by atoms with Gasteiger partial charge in [0.25, 0.3) is 0 Å². The number of rotatable bonds is 6. The highest BCUT2D eigenvalue weighted by molar-refractivity contribution is 5.86. The Morgan fingerprint density at radius 2 is 1.79 bits per heavy atom. The van der Waals surface area contributed by atoms with Gasteiger partial charge in [-0.05, 0) is 86.9 Å². The van der Waals surface area contributed by atoms with Crippen molar-refractivity contribution >= 4 is 11.9 Å². The largest absolute Gasteiger partial charge is 0.462 e. The van der Waals surface area contributed by atoms with Crippen molar-refractivity contribution in [3.05, 3.63) is 11.6 Å². The van der Waals surface area contributed by atoms with E-state index in [0.29, 0.717) is 24.7 Å². The molecule has 1 saturated heterocycles. The zero-order chi connectivity index (χ0) is 28.8. The number of carbonyl (C=O) groups excluding carboxylic acids is 2. The molecule has 1 spiro atoms. The lowest BCUT2D eigenvalue weighted by atomic mass is 9.40. The smallest absolute Gasteiger partial charge is 0.319 e. The summed E-state index contributed by atoms with van der Waals surface area (Å²) in [5, 5.41) is 12.7. The topological polar surface area (TPSA) is 82.1 Å². The molecular weight excluding hydrogens is 492 g/mol. The summed E-state index contributed by atoms with van der Waals surface area (Å²) in [6.45, 7) is 17.0. The number of methoxy groups -OCH3 is 1.